The van der Waals surface area contributed by atoms with E-state index in [4.69, 9.17) is 37.9 Å². The van der Waals surface area contributed by atoms with Gasteiger partial charge in [0, 0.05) is 26.4 Å². The van der Waals surface area contributed by atoms with Gasteiger partial charge < -0.3 is 37.9 Å². The lowest BCUT2D eigenvalue weighted by atomic mass is 9.98. The Balaban J connectivity index is 3.27. The quantitative estimate of drug-likeness (QED) is 0.0632. The molecule has 12 heteroatoms. The van der Waals surface area contributed by atoms with E-state index >= 15 is 0 Å². The van der Waals surface area contributed by atoms with Gasteiger partial charge in [0.1, 0.15) is 26.4 Å². The fourth-order valence-electron chi connectivity index (χ4n) is 3.75. The van der Waals surface area contributed by atoms with E-state index in [0.717, 1.165) is 63.5 Å². The van der Waals surface area contributed by atoms with Crippen LogP contribution in [0.4, 0.5) is 0 Å². The molecule has 0 saturated carbocycles. The van der Waals surface area contributed by atoms with Gasteiger partial charge >= 0.3 is 23.9 Å². The molecular weight excluding hydrogens is 600 g/mol. The molecule has 0 aliphatic carbocycles. The third-order valence-electron chi connectivity index (χ3n) is 6.45. The summed E-state index contributed by atoms with van der Waals surface area (Å²) in [4.78, 5) is 52.8. The van der Waals surface area contributed by atoms with E-state index in [1.54, 1.807) is 0 Å². The molecule has 262 valence electrons. The molecule has 0 saturated heterocycles. The summed E-state index contributed by atoms with van der Waals surface area (Å²) in [5, 5.41) is 0. The number of hydrogen-bond donors (Lipinski definition) is 0. The number of carbonyl (C=O) groups is 4. The Morgan fingerprint density at radius 3 is 0.783 bits per heavy atom. The molecule has 0 N–H and O–H groups in total. The predicted octanol–water partition coefficient (Wildman–Crippen LogP) is 5.58. The topological polar surface area (TPSA) is 142 Å². The maximum absolute atomic E-state index is 13.2. The molecule has 1 aromatic rings. The smallest absolute Gasteiger partial charge is 0.339 e. The molecule has 1 aromatic carbocycles. The van der Waals surface area contributed by atoms with Crippen LogP contribution >= 0.6 is 0 Å². The Bertz CT molecular complexity index is 856. The number of ether oxygens (including phenoxy) is 8. The molecule has 0 bridgehead atoms. The highest BCUT2D eigenvalue weighted by atomic mass is 16.6. The number of carbonyl (C=O) groups excluding carboxylic acids is 4. The van der Waals surface area contributed by atoms with Crippen LogP contribution in [0.5, 0.6) is 0 Å². The lowest BCUT2D eigenvalue weighted by Gasteiger charge is -2.15. The van der Waals surface area contributed by atoms with E-state index in [9.17, 15) is 19.2 Å². The van der Waals surface area contributed by atoms with Crippen molar-refractivity contribution in [2.75, 3.05) is 79.3 Å². The average Bonchev–Trinajstić information content (AvgIpc) is 3.06. The first-order valence-electron chi connectivity index (χ1n) is 16.6. The van der Waals surface area contributed by atoms with Gasteiger partial charge in [0.25, 0.3) is 0 Å². The molecule has 1 rings (SSSR count). The van der Waals surface area contributed by atoms with Crippen molar-refractivity contribution in [2.24, 2.45) is 0 Å². The Labute approximate surface area is 273 Å². The highest BCUT2D eigenvalue weighted by molar-refractivity contribution is 6.10. The number of esters is 4. The zero-order valence-electron chi connectivity index (χ0n) is 28.2. The zero-order chi connectivity index (χ0) is 33.8. The van der Waals surface area contributed by atoms with Gasteiger partial charge in [0.05, 0.1) is 48.7 Å². The Morgan fingerprint density at radius 2 is 0.587 bits per heavy atom. The van der Waals surface area contributed by atoms with Gasteiger partial charge in [-0.3, -0.25) is 0 Å². The number of hydrogen-bond acceptors (Lipinski definition) is 12. The molecule has 46 heavy (non-hydrogen) atoms. The first kappa shape index (κ1) is 41.0. The fourth-order valence-corrected chi connectivity index (χ4v) is 3.75. The molecular formula is C34H54O12. The van der Waals surface area contributed by atoms with Crippen molar-refractivity contribution in [1.29, 1.82) is 0 Å². The Kier molecular flexibility index (Phi) is 24.1. The van der Waals surface area contributed by atoms with E-state index < -0.39 is 23.9 Å². The first-order chi connectivity index (χ1) is 22.4. The van der Waals surface area contributed by atoms with Crippen LogP contribution in [-0.4, -0.2) is 103 Å². The van der Waals surface area contributed by atoms with E-state index in [-0.39, 0.29) is 75.1 Å². The molecule has 0 heterocycles. The van der Waals surface area contributed by atoms with Gasteiger partial charge in [-0.25, -0.2) is 19.2 Å². The van der Waals surface area contributed by atoms with Gasteiger partial charge in [-0.1, -0.05) is 53.4 Å². The largest absolute Gasteiger partial charge is 0.460 e. The number of unbranched alkanes of at least 4 members (excludes halogenated alkanes) is 4. The van der Waals surface area contributed by atoms with E-state index in [1.807, 2.05) is 27.7 Å². The summed E-state index contributed by atoms with van der Waals surface area (Å²) in [6, 6.07) is 2.20. The van der Waals surface area contributed by atoms with Crippen molar-refractivity contribution < 1.29 is 57.1 Å². The third-order valence-corrected chi connectivity index (χ3v) is 6.45. The normalized spacial score (nSPS) is 10.9. The minimum absolute atomic E-state index is 0.0843. The second-order valence-electron chi connectivity index (χ2n) is 10.4. The van der Waals surface area contributed by atoms with Crippen LogP contribution in [0, 0.1) is 0 Å². The van der Waals surface area contributed by atoms with Crippen molar-refractivity contribution in [3.05, 3.63) is 34.4 Å². The Hall–Kier alpha value is -3.06. The van der Waals surface area contributed by atoms with Crippen LogP contribution in [-0.2, 0) is 37.9 Å². The molecule has 0 aromatic heterocycles. The summed E-state index contributed by atoms with van der Waals surface area (Å²) in [6.45, 7) is 10.5. The van der Waals surface area contributed by atoms with Crippen LogP contribution in [0.2, 0.25) is 0 Å². The monoisotopic (exact) mass is 654 g/mol. The van der Waals surface area contributed by atoms with Gasteiger partial charge in [0.15, 0.2) is 0 Å². The average molecular weight is 655 g/mol. The molecule has 0 atom stereocenters. The lowest BCUT2D eigenvalue weighted by Crippen LogP contribution is -2.23. The third kappa shape index (κ3) is 17.6. The highest BCUT2D eigenvalue weighted by Crippen LogP contribution is 2.22. The van der Waals surface area contributed by atoms with Gasteiger partial charge in [-0.2, -0.15) is 0 Å². The van der Waals surface area contributed by atoms with Crippen LogP contribution in [0.1, 0.15) is 120 Å². The number of benzene rings is 1. The highest BCUT2D eigenvalue weighted by Gasteiger charge is 2.29. The zero-order valence-corrected chi connectivity index (χ0v) is 28.2. The Morgan fingerprint density at radius 1 is 0.370 bits per heavy atom. The summed E-state index contributed by atoms with van der Waals surface area (Å²) in [5.74, 6) is -3.59. The van der Waals surface area contributed by atoms with Gasteiger partial charge in [0.2, 0.25) is 0 Å². The first-order valence-corrected chi connectivity index (χ1v) is 16.6. The SMILES string of the molecule is CCCCOCCOC(=O)c1cc(C(=O)OCCOCCCC)c(C(=O)OCCOCCCC)cc1C(=O)OCCOCCCC. The second kappa shape index (κ2) is 27.1. The van der Waals surface area contributed by atoms with Crippen molar-refractivity contribution in [2.45, 2.75) is 79.1 Å². The van der Waals surface area contributed by atoms with Crippen LogP contribution in [0.15, 0.2) is 12.1 Å². The minimum Gasteiger partial charge on any atom is -0.460 e. The predicted molar refractivity (Wildman–Crippen MR) is 170 cm³/mol. The summed E-state index contributed by atoms with van der Waals surface area (Å²) in [7, 11) is 0. The van der Waals surface area contributed by atoms with Crippen molar-refractivity contribution in [1.82, 2.24) is 0 Å². The van der Waals surface area contributed by atoms with Crippen molar-refractivity contribution in [3.8, 4) is 0 Å². The molecule has 0 spiro atoms. The maximum Gasteiger partial charge on any atom is 0.339 e. The summed E-state index contributed by atoms with van der Waals surface area (Å²) >= 11 is 0. The standard InChI is InChI=1S/C34H54O12/c1-5-9-13-39-17-21-43-31(35)27-25-29(33(37)45-23-19-41-15-11-7-3)30(34(38)46-24-20-42-16-12-8-4)26-28(27)32(36)44-22-18-40-14-10-6-2/h25-26H,5-24H2,1-4H3. The van der Waals surface area contributed by atoms with Crippen molar-refractivity contribution in [3.63, 3.8) is 0 Å². The van der Waals surface area contributed by atoms with Crippen LogP contribution in [0.25, 0.3) is 0 Å². The molecule has 0 aliphatic heterocycles. The van der Waals surface area contributed by atoms with Crippen LogP contribution < -0.4 is 0 Å². The fraction of sp³-hybridized carbons (Fsp3) is 0.706. The molecule has 12 nitrogen and oxygen atoms in total. The van der Waals surface area contributed by atoms with E-state index in [2.05, 4.69) is 0 Å². The molecule has 0 unspecified atom stereocenters. The van der Waals surface area contributed by atoms with E-state index in [1.165, 1.54) is 0 Å². The lowest BCUT2D eigenvalue weighted by molar-refractivity contribution is 0.0262. The van der Waals surface area contributed by atoms with Crippen LogP contribution in [0.3, 0.4) is 0 Å². The summed E-state index contributed by atoms with van der Waals surface area (Å²) in [5.41, 5.74) is -1.07. The summed E-state index contributed by atoms with van der Waals surface area (Å²) < 4.78 is 43.2. The number of rotatable bonds is 28. The molecule has 0 aliphatic rings. The van der Waals surface area contributed by atoms with Gasteiger partial charge in [-0.05, 0) is 37.8 Å². The molecule has 0 fully saturated rings. The van der Waals surface area contributed by atoms with Crippen molar-refractivity contribution >= 4 is 23.9 Å². The minimum atomic E-state index is -0.897. The maximum atomic E-state index is 13.2. The second-order valence-corrected chi connectivity index (χ2v) is 10.4. The molecule has 0 radical (unpaired) electrons. The summed E-state index contributed by atoms with van der Waals surface area (Å²) in [6.07, 6.45) is 7.29. The van der Waals surface area contributed by atoms with E-state index in [0.29, 0.717) is 26.4 Å². The van der Waals surface area contributed by atoms with Gasteiger partial charge in [-0.15, -0.1) is 0 Å². The molecule has 0 amide bonds.